The van der Waals surface area contributed by atoms with Gasteiger partial charge in [-0.15, -0.1) is 0 Å². The number of aromatic amines is 1. The van der Waals surface area contributed by atoms with Gasteiger partial charge in [0.25, 0.3) is 11.2 Å². The molecule has 0 radical (unpaired) electrons. The Morgan fingerprint density at radius 2 is 2.04 bits per heavy atom. The van der Waals surface area contributed by atoms with Gasteiger partial charge in [0.05, 0.1) is 10.6 Å². The molecular weight excluding hydrogens is 386 g/mol. The van der Waals surface area contributed by atoms with Crippen molar-refractivity contribution in [2.75, 3.05) is 0 Å². The summed E-state index contributed by atoms with van der Waals surface area (Å²) in [6.07, 6.45) is 0.517. The van der Waals surface area contributed by atoms with Gasteiger partial charge in [0, 0.05) is 39.2 Å². The molecule has 1 aliphatic carbocycles. The van der Waals surface area contributed by atoms with Gasteiger partial charge in [-0.3, -0.25) is 14.9 Å². The van der Waals surface area contributed by atoms with Crippen molar-refractivity contribution < 1.29 is 4.92 Å². The van der Waals surface area contributed by atoms with Crippen molar-refractivity contribution in [2.45, 2.75) is 13.3 Å². The smallest absolute Gasteiger partial charge is 0.268 e. The minimum atomic E-state index is -0.407. The van der Waals surface area contributed by atoms with Crippen molar-refractivity contribution in [1.82, 2.24) is 10.2 Å². The Morgan fingerprint density at radius 1 is 1.24 bits per heavy atom. The van der Waals surface area contributed by atoms with Crippen LogP contribution in [0.2, 0.25) is 0 Å². The summed E-state index contributed by atoms with van der Waals surface area (Å²) >= 11 is 3.45. The Bertz CT molecular complexity index is 1110. The van der Waals surface area contributed by atoms with Gasteiger partial charge in [-0.1, -0.05) is 34.1 Å². The lowest BCUT2D eigenvalue weighted by Crippen LogP contribution is -2.14. The number of benzene rings is 2. The lowest BCUT2D eigenvalue weighted by atomic mass is 9.96. The molecule has 0 bridgehead atoms. The highest BCUT2D eigenvalue weighted by Gasteiger charge is 2.27. The highest BCUT2D eigenvalue weighted by Crippen LogP contribution is 2.42. The van der Waals surface area contributed by atoms with Gasteiger partial charge in [-0.05, 0) is 30.2 Å². The molecule has 0 amide bonds. The third-order valence-electron chi connectivity index (χ3n) is 4.54. The van der Waals surface area contributed by atoms with Crippen LogP contribution in [0.3, 0.4) is 0 Å². The monoisotopic (exact) mass is 397 g/mol. The summed E-state index contributed by atoms with van der Waals surface area (Å²) in [5.41, 5.74) is 4.93. The molecule has 0 saturated heterocycles. The van der Waals surface area contributed by atoms with Crippen molar-refractivity contribution in [1.29, 1.82) is 0 Å². The van der Waals surface area contributed by atoms with E-state index in [1.165, 1.54) is 6.07 Å². The van der Waals surface area contributed by atoms with Crippen LogP contribution in [0.4, 0.5) is 5.69 Å². The van der Waals surface area contributed by atoms with Crippen molar-refractivity contribution in [3.05, 3.63) is 78.0 Å². The maximum Gasteiger partial charge on any atom is 0.272 e. The third kappa shape index (κ3) is 2.39. The summed E-state index contributed by atoms with van der Waals surface area (Å²) in [7, 11) is 0. The maximum absolute atomic E-state index is 12.3. The van der Waals surface area contributed by atoms with Crippen molar-refractivity contribution in [2.24, 2.45) is 0 Å². The predicted molar refractivity (Wildman–Crippen MR) is 97.6 cm³/mol. The van der Waals surface area contributed by atoms with Crippen LogP contribution in [0.5, 0.6) is 0 Å². The summed E-state index contributed by atoms with van der Waals surface area (Å²) < 4.78 is 0.941. The predicted octanol–water partition coefficient (Wildman–Crippen LogP) is 3.99. The number of hydrogen-bond donors (Lipinski definition) is 1. The van der Waals surface area contributed by atoms with E-state index < -0.39 is 4.92 Å². The average Bonchev–Trinajstić information content (AvgIpc) is 2.95. The number of nitrogens with zero attached hydrogens (tertiary/aromatic N) is 2. The quantitative estimate of drug-likeness (QED) is 0.409. The molecule has 1 heterocycles. The van der Waals surface area contributed by atoms with E-state index >= 15 is 0 Å². The molecule has 1 N–H and O–H groups in total. The second kappa shape index (κ2) is 5.63. The van der Waals surface area contributed by atoms with E-state index in [2.05, 4.69) is 26.1 Å². The van der Waals surface area contributed by atoms with Crippen LogP contribution in [-0.2, 0) is 6.42 Å². The zero-order chi connectivity index (χ0) is 17.7. The van der Waals surface area contributed by atoms with Crippen LogP contribution in [-0.4, -0.2) is 15.1 Å². The molecule has 1 aromatic heterocycles. The molecule has 124 valence electrons. The third-order valence-corrected chi connectivity index (χ3v) is 5.04. The van der Waals surface area contributed by atoms with E-state index in [0.717, 1.165) is 21.2 Å². The number of fused-ring (bicyclic) bond motifs is 3. The number of rotatable bonds is 2. The molecule has 0 unspecified atom stereocenters. The lowest BCUT2D eigenvalue weighted by molar-refractivity contribution is -0.385. The topological polar surface area (TPSA) is 88.9 Å². The van der Waals surface area contributed by atoms with E-state index in [1.54, 1.807) is 19.1 Å². The molecule has 0 spiro atoms. The standard InChI is InChI=1S/C18H12BrN3O3/c1-9-12(3-2-4-15(9)22(24)25)17-16-13-6-5-11(19)7-10(13)8-14(16)18(23)21-20-17/h2-7H,8H2,1H3,(H,21,23). The summed E-state index contributed by atoms with van der Waals surface area (Å²) in [5.74, 6) is 0. The lowest BCUT2D eigenvalue weighted by Gasteiger charge is -2.10. The molecule has 0 aliphatic heterocycles. The van der Waals surface area contributed by atoms with Crippen molar-refractivity contribution in [3.63, 3.8) is 0 Å². The van der Waals surface area contributed by atoms with Crippen LogP contribution in [0.15, 0.2) is 45.7 Å². The number of halogens is 1. The molecule has 0 atom stereocenters. The summed E-state index contributed by atoms with van der Waals surface area (Å²) in [6, 6.07) is 10.7. The minimum Gasteiger partial charge on any atom is -0.268 e. The van der Waals surface area contributed by atoms with Crippen LogP contribution >= 0.6 is 15.9 Å². The van der Waals surface area contributed by atoms with E-state index in [-0.39, 0.29) is 11.2 Å². The van der Waals surface area contributed by atoms with E-state index in [9.17, 15) is 14.9 Å². The fourth-order valence-corrected chi connectivity index (χ4v) is 3.77. The summed E-state index contributed by atoms with van der Waals surface area (Å²) in [4.78, 5) is 23.1. The van der Waals surface area contributed by atoms with Crippen molar-refractivity contribution in [3.8, 4) is 22.4 Å². The van der Waals surface area contributed by atoms with Crippen LogP contribution in [0, 0.1) is 17.0 Å². The molecule has 0 fully saturated rings. The Morgan fingerprint density at radius 3 is 2.80 bits per heavy atom. The number of nitro benzene ring substituents is 1. The van der Waals surface area contributed by atoms with Crippen LogP contribution in [0.1, 0.15) is 16.7 Å². The van der Waals surface area contributed by atoms with E-state index in [1.807, 2.05) is 18.2 Å². The Kier molecular flexibility index (Phi) is 3.54. The SMILES string of the molecule is Cc1c(-c2n[nH]c(=O)c3c2-c2ccc(Br)cc2C3)cccc1[N+](=O)[O-]. The Balaban J connectivity index is 2.03. The normalized spacial score (nSPS) is 11.9. The number of H-pyrrole nitrogens is 1. The molecule has 1 aliphatic rings. The molecule has 6 nitrogen and oxygen atoms in total. The Labute approximate surface area is 150 Å². The first kappa shape index (κ1) is 15.7. The van der Waals surface area contributed by atoms with E-state index in [4.69, 9.17) is 0 Å². The first-order chi connectivity index (χ1) is 12.0. The molecule has 25 heavy (non-hydrogen) atoms. The second-order valence-corrected chi connectivity index (χ2v) is 6.86. The molecule has 2 aromatic carbocycles. The molecule has 4 rings (SSSR count). The van der Waals surface area contributed by atoms with Gasteiger partial charge >= 0.3 is 0 Å². The Hall–Kier alpha value is -2.80. The van der Waals surface area contributed by atoms with Crippen LogP contribution < -0.4 is 5.56 Å². The van der Waals surface area contributed by atoms with Crippen molar-refractivity contribution >= 4 is 21.6 Å². The maximum atomic E-state index is 12.3. The minimum absolute atomic E-state index is 0.0354. The fourth-order valence-electron chi connectivity index (χ4n) is 3.36. The number of hydrogen-bond acceptors (Lipinski definition) is 4. The van der Waals surface area contributed by atoms with E-state index in [0.29, 0.717) is 28.8 Å². The van der Waals surface area contributed by atoms with Crippen LogP contribution in [0.25, 0.3) is 22.4 Å². The highest BCUT2D eigenvalue weighted by atomic mass is 79.9. The number of nitrogens with one attached hydrogen (secondary N) is 1. The van der Waals surface area contributed by atoms with Gasteiger partial charge in [0.15, 0.2) is 0 Å². The zero-order valence-corrected chi connectivity index (χ0v) is 14.8. The largest absolute Gasteiger partial charge is 0.272 e. The molecule has 3 aromatic rings. The fraction of sp³-hybridized carbons (Fsp3) is 0.111. The average molecular weight is 398 g/mol. The molecular formula is C18H12BrN3O3. The summed E-state index contributed by atoms with van der Waals surface area (Å²) in [6.45, 7) is 1.70. The molecule has 7 heteroatoms. The van der Waals surface area contributed by atoms with Gasteiger partial charge in [-0.2, -0.15) is 5.10 Å². The van der Waals surface area contributed by atoms with Gasteiger partial charge < -0.3 is 0 Å². The first-order valence-corrected chi connectivity index (χ1v) is 8.41. The number of nitro groups is 1. The van der Waals surface area contributed by atoms with Gasteiger partial charge in [-0.25, -0.2) is 5.10 Å². The van der Waals surface area contributed by atoms with Gasteiger partial charge in [0.2, 0.25) is 0 Å². The first-order valence-electron chi connectivity index (χ1n) is 7.62. The van der Waals surface area contributed by atoms with Gasteiger partial charge in [0.1, 0.15) is 0 Å². The second-order valence-electron chi connectivity index (χ2n) is 5.94. The molecule has 0 saturated carbocycles. The number of aromatic nitrogens is 2. The summed E-state index contributed by atoms with van der Waals surface area (Å²) in [5, 5.41) is 18.0. The highest BCUT2D eigenvalue weighted by molar-refractivity contribution is 9.10. The zero-order valence-electron chi connectivity index (χ0n) is 13.2.